The van der Waals surface area contributed by atoms with Crippen LogP contribution in [0, 0.1) is 0 Å². The van der Waals surface area contributed by atoms with Crippen molar-refractivity contribution >= 4 is 35.6 Å². The van der Waals surface area contributed by atoms with Crippen molar-refractivity contribution in [2.24, 2.45) is 0 Å². The van der Waals surface area contributed by atoms with E-state index in [2.05, 4.69) is 25.2 Å². The van der Waals surface area contributed by atoms with Crippen LogP contribution in [-0.2, 0) is 52.0 Å². The first-order valence-electron chi connectivity index (χ1n) is 7.92. The van der Waals surface area contributed by atoms with Gasteiger partial charge < -0.3 is 31.3 Å². The zero-order valence-electron chi connectivity index (χ0n) is 16.4. The van der Waals surface area contributed by atoms with Crippen LogP contribution in [-0.4, -0.2) is 72.1 Å². The molecule has 6 N–H and O–H groups in total. The molecule has 0 atom stereocenters. The molecule has 0 spiro atoms. The molecule has 0 saturated carbocycles. The number of carboxylic acid groups (broad SMARTS) is 3. The average molecular weight is 495 g/mol. The molecule has 0 aromatic rings. The first kappa shape index (κ1) is 30.9. The van der Waals surface area contributed by atoms with E-state index in [1.54, 1.807) is 3.28 Å². The van der Waals surface area contributed by atoms with Crippen molar-refractivity contribution in [3.63, 3.8) is 0 Å². The zero-order valence-corrected chi connectivity index (χ0v) is 18.9. The van der Waals surface area contributed by atoms with Crippen molar-refractivity contribution in [1.82, 2.24) is 16.0 Å². The molecule has 0 unspecified atom stereocenters. The summed E-state index contributed by atoms with van der Waals surface area (Å²) in [6, 6.07) is 0. The summed E-state index contributed by atoms with van der Waals surface area (Å²) in [6.45, 7) is 2.30. The van der Waals surface area contributed by atoms with Gasteiger partial charge in [0, 0.05) is 21.1 Å². The van der Waals surface area contributed by atoms with Crippen LogP contribution in [0.2, 0.25) is 4.13 Å². The van der Waals surface area contributed by atoms with Crippen LogP contribution in [0.3, 0.4) is 0 Å². The fraction of sp³-hybridized carbons (Fsp3) is 0.375. The van der Waals surface area contributed by atoms with E-state index < -0.39 is 35.6 Å². The van der Waals surface area contributed by atoms with Gasteiger partial charge in [-0.1, -0.05) is 0 Å². The molecule has 0 saturated heterocycles. The molecular formula is C16H25N3O9Zr. The normalized spacial score (nSPS) is 10.0. The summed E-state index contributed by atoms with van der Waals surface area (Å²) in [5.74, 6) is -7.33. The van der Waals surface area contributed by atoms with Crippen molar-refractivity contribution < 1.29 is 67.3 Å². The number of amides is 3. The minimum absolute atomic E-state index is 0.0469. The summed E-state index contributed by atoms with van der Waals surface area (Å²) in [4.78, 5) is 58.0. The van der Waals surface area contributed by atoms with Crippen LogP contribution < -0.4 is 16.0 Å². The number of carbonyl (C=O) groups excluding carboxylic acids is 3. The van der Waals surface area contributed by atoms with Crippen molar-refractivity contribution in [3.05, 3.63) is 21.5 Å². The van der Waals surface area contributed by atoms with Crippen LogP contribution >= 0.6 is 0 Å². The Morgan fingerprint density at radius 2 is 1.17 bits per heavy atom. The van der Waals surface area contributed by atoms with E-state index in [-0.39, 0.29) is 23.2 Å². The third-order valence-corrected chi connectivity index (χ3v) is 5.34. The molecule has 162 valence electrons. The summed E-state index contributed by atoms with van der Waals surface area (Å²) < 4.78 is 3.22. The molecule has 0 heterocycles. The number of hydrogen-bond donors (Lipinski definition) is 6. The maximum absolute atomic E-state index is 9.80. The number of hydrogen-bond acceptors (Lipinski definition) is 6. The van der Waals surface area contributed by atoms with Gasteiger partial charge in [-0.25, -0.2) is 14.4 Å². The number of carboxylic acids is 3. The maximum atomic E-state index is 9.80. The molecule has 29 heavy (non-hydrogen) atoms. The van der Waals surface area contributed by atoms with Gasteiger partial charge in [0.15, 0.2) is 0 Å². The topological polar surface area (TPSA) is 199 Å². The van der Waals surface area contributed by atoms with E-state index in [0.717, 1.165) is 0 Å². The standard InChI is InChI=1S/C5H5.3C3H5NO3.C2H5.Zr/c1-2-4-5-3-1;3*1-4-2(5)3(6)7;1-2;/h1-3H,4H2;3*1H3,(H,4,5)(H,6,7);1H2,2H3;. The number of nitrogens with one attached hydrogen (secondary N) is 3. The van der Waals surface area contributed by atoms with Gasteiger partial charge in [-0.3, -0.25) is 14.4 Å². The molecule has 12 nitrogen and oxygen atoms in total. The summed E-state index contributed by atoms with van der Waals surface area (Å²) in [7, 11) is 3.78. The molecule has 0 aliphatic heterocycles. The molecule has 1 aliphatic rings. The third kappa shape index (κ3) is 21.3. The minimum atomic E-state index is -1.46. The third-order valence-electron chi connectivity index (χ3n) is 2.44. The summed E-state index contributed by atoms with van der Waals surface area (Å²) in [5.41, 5.74) is 0. The van der Waals surface area contributed by atoms with Crippen LogP contribution in [0.4, 0.5) is 0 Å². The molecule has 3 amide bonds. The predicted octanol–water partition coefficient (Wildman–Crippen LogP) is -1.20. The molecule has 0 aromatic heterocycles. The van der Waals surface area contributed by atoms with Gasteiger partial charge in [-0.05, 0) is 0 Å². The van der Waals surface area contributed by atoms with E-state index in [1.165, 1.54) is 31.7 Å². The van der Waals surface area contributed by atoms with E-state index in [9.17, 15) is 28.8 Å². The summed E-state index contributed by atoms with van der Waals surface area (Å²) >= 11 is -0.0469. The van der Waals surface area contributed by atoms with Crippen LogP contribution in [0.25, 0.3) is 0 Å². The number of allylic oxidation sites excluding steroid dienone is 4. The molecular weight excluding hydrogens is 469 g/mol. The Balaban J connectivity index is -0.000000312. The van der Waals surface area contributed by atoms with Gasteiger partial charge >= 0.3 is 97.8 Å². The average Bonchev–Trinajstić information content (AvgIpc) is 3.20. The van der Waals surface area contributed by atoms with Gasteiger partial charge in [0.2, 0.25) is 0 Å². The Morgan fingerprint density at radius 3 is 1.31 bits per heavy atom. The Morgan fingerprint density at radius 1 is 0.828 bits per heavy atom. The fourth-order valence-electron chi connectivity index (χ4n) is 1.13. The van der Waals surface area contributed by atoms with Gasteiger partial charge in [-0.2, -0.15) is 0 Å². The molecule has 13 heteroatoms. The summed E-state index contributed by atoms with van der Waals surface area (Å²) in [5, 5.41) is 29.1. The van der Waals surface area contributed by atoms with E-state index >= 15 is 0 Å². The SMILES string of the molecule is CNC(=O)C(=O)O.CNC(=O)C(=O)O.CNC(=O)C(=O)O.C[CH2][Zr][C]1=CC=CC1. The van der Waals surface area contributed by atoms with Crippen molar-refractivity contribution in [1.29, 1.82) is 0 Å². The Hall–Kier alpha value is -2.82. The van der Waals surface area contributed by atoms with Gasteiger partial charge in [0.1, 0.15) is 0 Å². The Labute approximate surface area is 179 Å². The second kappa shape index (κ2) is 19.9. The van der Waals surface area contributed by atoms with Gasteiger partial charge in [0.25, 0.3) is 0 Å². The molecule has 1 rings (SSSR count). The van der Waals surface area contributed by atoms with Crippen LogP contribution in [0.5, 0.6) is 0 Å². The fourth-order valence-corrected chi connectivity index (χ4v) is 3.41. The van der Waals surface area contributed by atoms with E-state index in [4.69, 9.17) is 15.3 Å². The molecule has 0 aromatic carbocycles. The first-order valence-corrected chi connectivity index (χ1v) is 10.9. The molecule has 0 radical (unpaired) electrons. The first-order chi connectivity index (χ1) is 13.5. The number of likely N-dealkylation sites (N-methyl/N-ethyl adjacent to an activating group) is 3. The quantitative estimate of drug-likeness (QED) is 0.255. The second-order valence-electron chi connectivity index (χ2n) is 4.51. The number of carbonyl (C=O) groups is 6. The Kier molecular flexibility index (Phi) is 21.2. The van der Waals surface area contributed by atoms with Crippen LogP contribution in [0.1, 0.15) is 13.3 Å². The van der Waals surface area contributed by atoms with E-state index in [1.807, 2.05) is 16.0 Å². The number of aliphatic carboxylic acids is 3. The Bertz CT molecular complexity index is 584. The monoisotopic (exact) mass is 493 g/mol. The van der Waals surface area contributed by atoms with Crippen LogP contribution in [0.15, 0.2) is 21.5 Å². The van der Waals surface area contributed by atoms with Crippen molar-refractivity contribution in [2.75, 3.05) is 21.1 Å². The van der Waals surface area contributed by atoms with Crippen molar-refractivity contribution in [2.45, 2.75) is 17.5 Å². The van der Waals surface area contributed by atoms with Crippen molar-refractivity contribution in [3.8, 4) is 0 Å². The molecule has 0 fully saturated rings. The molecule has 0 bridgehead atoms. The van der Waals surface area contributed by atoms with Gasteiger partial charge in [0.05, 0.1) is 0 Å². The van der Waals surface area contributed by atoms with E-state index in [0.29, 0.717) is 0 Å². The second-order valence-corrected chi connectivity index (χ2v) is 8.69. The zero-order chi connectivity index (χ0) is 23.4. The molecule has 1 aliphatic carbocycles. The predicted molar refractivity (Wildman–Crippen MR) is 97.4 cm³/mol. The van der Waals surface area contributed by atoms with Gasteiger partial charge in [-0.15, -0.1) is 0 Å². The number of rotatable bonds is 2. The summed E-state index contributed by atoms with van der Waals surface area (Å²) in [6.07, 6.45) is 8.02.